The van der Waals surface area contributed by atoms with Crippen molar-refractivity contribution in [3.8, 4) is 6.07 Å². The number of hydrogen-bond acceptors (Lipinski definition) is 2. The summed E-state index contributed by atoms with van der Waals surface area (Å²) in [5, 5.41) is 10.8. The third-order valence-corrected chi connectivity index (χ3v) is 2.37. The van der Waals surface area contributed by atoms with E-state index < -0.39 is 11.7 Å². The van der Waals surface area contributed by atoms with Crippen LogP contribution in [0.5, 0.6) is 0 Å². The van der Waals surface area contributed by atoms with Gasteiger partial charge < -0.3 is 5.32 Å². The van der Waals surface area contributed by atoms with Crippen molar-refractivity contribution in [2.75, 3.05) is 6.54 Å². The number of hydrogen-bond donors (Lipinski definition) is 1. The van der Waals surface area contributed by atoms with Gasteiger partial charge in [-0.1, -0.05) is 17.7 Å². The monoisotopic (exact) mass is 240 g/mol. The lowest BCUT2D eigenvalue weighted by atomic mass is 10.1. The minimum absolute atomic E-state index is 0.0757. The Kier molecular flexibility index (Phi) is 4.27. The highest BCUT2D eigenvalue weighted by atomic mass is 35.5. The fraction of sp³-hybridized carbons (Fsp3) is 0.273. The molecule has 16 heavy (non-hydrogen) atoms. The van der Waals surface area contributed by atoms with Crippen LogP contribution in [0.25, 0.3) is 0 Å². The lowest BCUT2D eigenvalue weighted by molar-refractivity contribution is 0.0950. The molecule has 0 radical (unpaired) electrons. The molecule has 0 bridgehead atoms. The van der Waals surface area contributed by atoms with E-state index in [0.29, 0.717) is 0 Å². The highest BCUT2D eigenvalue weighted by molar-refractivity contribution is 6.34. The van der Waals surface area contributed by atoms with E-state index in [0.717, 1.165) is 0 Å². The van der Waals surface area contributed by atoms with E-state index in [4.69, 9.17) is 16.9 Å². The summed E-state index contributed by atoms with van der Waals surface area (Å²) in [6, 6.07) is 5.99. The Morgan fingerprint density at radius 2 is 2.38 bits per heavy atom. The van der Waals surface area contributed by atoms with Gasteiger partial charge in [0.25, 0.3) is 5.91 Å². The molecule has 0 saturated heterocycles. The zero-order chi connectivity index (χ0) is 12.1. The van der Waals surface area contributed by atoms with Crippen molar-refractivity contribution in [1.82, 2.24) is 5.32 Å². The van der Waals surface area contributed by atoms with Crippen LogP contribution in [0, 0.1) is 23.1 Å². The van der Waals surface area contributed by atoms with Crippen LogP contribution in [0.15, 0.2) is 18.2 Å². The van der Waals surface area contributed by atoms with Gasteiger partial charge in [0.05, 0.1) is 22.6 Å². The number of halogens is 2. The van der Waals surface area contributed by atoms with E-state index in [1.54, 1.807) is 6.92 Å². The molecule has 1 N–H and O–H groups in total. The Bertz CT molecular complexity index is 442. The summed E-state index contributed by atoms with van der Waals surface area (Å²) in [5.74, 6) is -1.41. The van der Waals surface area contributed by atoms with Crippen LogP contribution in [-0.4, -0.2) is 12.5 Å². The van der Waals surface area contributed by atoms with Crippen LogP contribution in [-0.2, 0) is 0 Å². The molecule has 0 aliphatic carbocycles. The summed E-state index contributed by atoms with van der Waals surface area (Å²) < 4.78 is 13.0. The molecule has 0 saturated carbocycles. The molecular weight excluding hydrogens is 231 g/mol. The number of nitrogens with one attached hydrogen (secondary N) is 1. The van der Waals surface area contributed by atoms with Gasteiger partial charge in [-0.05, 0) is 19.1 Å². The summed E-state index contributed by atoms with van der Waals surface area (Å²) in [4.78, 5) is 11.6. The average molecular weight is 241 g/mol. The molecule has 0 heterocycles. The van der Waals surface area contributed by atoms with Gasteiger partial charge in [0.15, 0.2) is 0 Å². The fourth-order valence-corrected chi connectivity index (χ4v) is 1.28. The number of benzene rings is 1. The predicted molar refractivity (Wildman–Crippen MR) is 58.5 cm³/mol. The normalized spacial score (nSPS) is 11.6. The molecule has 3 nitrogen and oxygen atoms in total. The topological polar surface area (TPSA) is 52.9 Å². The van der Waals surface area contributed by atoms with E-state index in [9.17, 15) is 9.18 Å². The van der Waals surface area contributed by atoms with Crippen molar-refractivity contribution in [2.45, 2.75) is 6.92 Å². The lowest BCUT2D eigenvalue weighted by Gasteiger charge is -2.07. The Balaban J connectivity index is 2.75. The number of carbonyl (C=O) groups is 1. The Morgan fingerprint density at radius 3 is 3.00 bits per heavy atom. The molecule has 1 aromatic carbocycles. The second kappa shape index (κ2) is 5.47. The van der Waals surface area contributed by atoms with Gasteiger partial charge in [-0.3, -0.25) is 4.79 Å². The molecule has 1 aromatic rings. The zero-order valence-corrected chi connectivity index (χ0v) is 9.38. The number of nitrogens with zero attached hydrogens (tertiary/aromatic N) is 1. The molecule has 0 fully saturated rings. The first-order valence-electron chi connectivity index (χ1n) is 4.68. The second-order valence-electron chi connectivity index (χ2n) is 3.34. The highest BCUT2D eigenvalue weighted by Crippen LogP contribution is 2.19. The van der Waals surface area contributed by atoms with Gasteiger partial charge >= 0.3 is 0 Å². The second-order valence-corrected chi connectivity index (χ2v) is 3.72. The van der Waals surface area contributed by atoms with E-state index in [2.05, 4.69) is 5.32 Å². The summed E-state index contributed by atoms with van der Waals surface area (Å²) in [6.45, 7) is 1.88. The molecule has 1 unspecified atom stereocenters. The maximum atomic E-state index is 13.0. The lowest BCUT2D eigenvalue weighted by Crippen LogP contribution is -2.28. The smallest absolute Gasteiger partial charge is 0.252 e. The number of carbonyl (C=O) groups excluding carboxylic acids is 1. The fourth-order valence-electron chi connectivity index (χ4n) is 1.07. The van der Waals surface area contributed by atoms with Crippen LogP contribution in [0.3, 0.4) is 0 Å². The largest absolute Gasteiger partial charge is 0.351 e. The third-order valence-electron chi connectivity index (χ3n) is 1.99. The molecule has 84 valence electrons. The van der Waals surface area contributed by atoms with E-state index in [1.807, 2.05) is 6.07 Å². The zero-order valence-electron chi connectivity index (χ0n) is 8.63. The van der Waals surface area contributed by atoms with Crippen molar-refractivity contribution >= 4 is 17.5 Å². The third kappa shape index (κ3) is 2.94. The van der Waals surface area contributed by atoms with Gasteiger partial charge in [0.2, 0.25) is 0 Å². The van der Waals surface area contributed by atoms with Gasteiger partial charge in [-0.2, -0.15) is 5.26 Å². The summed E-state index contributed by atoms with van der Waals surface area (Å²) >= 11 is 5.64. The average Bonchev–Trinajstić information content (AvgIpc) is 2.29. The van der Waals surface area contributed by atoms with Crippen LogP contribution in [0.1, 0.15) is 17.3 Å². The maximum absolute atomic E-state index is 13.0. The molecule has 0 aromatic heterocycles. The first-order chi connectivity index (χ1) is 7.56. The molecule has 1 atom stereocenters. The highest BCUT2D eigenvalue weighted by Gasteiger charge is 2.13. The van der Waals surface area contributed by atoms with Crippen molar-refractivity contribution in [3.63, 3.8) is 0 Å². The standard InChI is InChI=1S/C11H10ClFN2O/c1-7(5-14)6-15-11(16)8-3-2-4-9(13)10(8)12/h2-4,7H,6H2,1H3,(H,15,16). The quantitative estimate of drug-likeness (QED) is 0.882. The van der Waals surface area contributed by atoms with Gasteiger partial charge in [-0.25, -0.2) is 4.39 Å². The van der Waals surface area contributed by atoms with Crippen LogP contribution in [0.4, 0.5) is 4.39 Å². The Labute approximate surface area is 97.8 Å². The van der Waals surface area contributed by atoms with Gasteiger partial charge in [-0.15, -0.1) is 0 Å². The molecule has 0 aliphatic heterocycles. The SMILES string of the molecule is CC(C#N)CNC(=O)c1cccc(F)c1Cl. The first kappa shape index (κ1) is 12.5. The van der Waals surface area contributed by atoms with Crippen molar-refractivity contribution in [3.05, 3.63) is 34.6 Å². The minimum atomic E-state index is -0.636. The minimum Gasteiger partial charge on any atom is -0.351 e. The van der Waals surface area contributed by atoms with E-state index >= 15 is 0 Å². The predicted octanol–water partition coefficient (Wildman–Crippen LogP) is 2.37. The maximum Gasteiger partial charge on any atom is 0.252 e. The molecule has 1 rings (SSSR count). The van der Waals surface area contributed by atoms with Crippen LogP contribution >= 0.6 is 11.6 Å². The van der Waals surface area contributed by atoms with Crippen molar-refractivity contribution in [2.24, 2.45) is 5.92 Å². The van der Waals surface area contributed by atoms with Crippen LogP contribution < -0.4 is 5.32 Å². The number of nitriles is 1. The van der Waals surface area contributed by atoms with Crippen molar-refractivity contribution < 1.29 is 9.18 Å². The summed E-state index contributed by atoms with van der Waals surface area (Å²) in [6.07, 6.45) is 0. The molecule has 5 heteroatoms. The van der Waals surface area contributed by atoms with E-state index in [1.165, 1.54) is 18.2 Å². The van der Waals surface area contributed by atoms with E-state index in [-0.39, 0.29) is 23.0 Å². The number of rotatable bonds is 3. The Hall–Kier alpha value is -1.60. The van der Waals surface area contributed by atoms with Crippen molar-refractivity contribution in [1.29, 1.82) is 5.26 Å². The number of amides is 1. The van der Waals surface area contributed by atoms with Gasteiger partial charge in [0.1, 0.15) is 5.82 Å². The molecule has 1 amide bonds. The summed E-state index contributed by atoms with van der Waals surface area (Å²) in [7, 11) is 0. The first-order valence-corrected chi connectivity index (χ1v) is 5.06. The summed E-state index contributed by atoms with van der Waals surface area (Å²) in [5.41, 5.74) is 0.0757. The van der Waals surface area contributed by atoms with Crippen LogP contribution in [0.2, 0.25) is 5.02 Å². The molecular formula is C11H10ClFN2O. The molecule has 0 spiro atoms. The Morgan fingerprint density at radius 1 is 1.69 bits per heavy atom. The molecule has 0 aliphatic rings. The van der Waals surface area contributed by atoms with Gasteiger partial charge in [0, 0.05) is 6.54 Å².